The number of carbonyl (C=O) groups is 1. The van der Waals surface area contributed by atoms with Crippen LogP contribution in [-0.2, 0) is 11.2 Å². The Morgan fingerprint density at radius 1 is 0.963 bits per heavy atom. The van der Waals surface area contributed by atoms with Gasteiger partial charge in [0.15, 0.2) is 5.75 Å². The minimum absolute atomic E-state index is 0.147. The van der Waals surface area contributed by atoms with Gasteiger partial charge < -0.3 is 14.8 Å². The van der Waals surface area contributed by atoms with Crippen molar-refractivity contribution in [2.45, 2.75) is 6.42 Å². The monoisotopic (exact) mass is 401 g/mol. The maximum Gasteiger partial charge on any atom is 0.228 e. The van der Waals surface area contributed by atoms with Crippen LogP contribution < -0.4 is 14.8 Å². The van der Waals surface area contributed by atoms with E-state index in [9.17, 15) is 4.79 Å². The van der Waals surface area contributed by atoms with Crippen LogP contribution in [0.25, 0.3) is 0 Å². The average molecular weight is 402 g/mol. The Morgan fingerprint density at radius 2 is 1.67 bits per heavy atom. The maximum atomic E-state index is 12.4. The molecule has 0 aliphatic rings. The standard InChI is InChI=1S/C21H17Cl2NO3/c1-26-16-7-9-17(10-8-16)27-20-11-6-15(22)13-19(20)24-21(25)12-14-4-2-3-5-18(14)23/h2-11,13H,12H2,1H3,(H,24,25). The number of nitrogens with one attached hydrogen (secondary N) is 1. The second-order valence-corrected chi connectivity index (χ2v) is 6.58. The topological polar surface area (TPSA) is 47.6 Å². The molecule has 0 saturated carbocycles. The van der Waals surface area contributed by atoms with E-state index in [4.69, 9.17) is 32.7 Å². The molecule has 4 nitrogen and oxygen atoms in total. The second kappa shape index (κ2) is 8.80. The second-order valence-electron chi connectivity index (χ2n) is 5.73. The van der Waals surface area contributed by atoms with Gasteiger partial charge in [-0.1, -0.05) is 41.4 Å². The van der Waals surface area contributed by atoms with Gasteiger partial charge in [0, 0.05) is 10.0 Å². The Balaban J connectivity index is 1.77. The Hall–Kier alpha value is -2.69. The first-order valence-corrected chi connectivity index (χ1v) is 8.95. The largest absolute Gasteiger partial charge is 0.497 e. The fourth-order valence-electron chi connectivity index (χ4n) is 2.47. The van der Waals surface area contributed by atoms with Gasteiger partial charge in [-0.3, -0.25) is 4.79 Å². The first-order chi connectivity index (χ1) is 13.0. The van der Waals surface area contributed by atoms with E-state index in [2.05, 4.69) is 5.32 Å². The number of carbonyl (C=O) groups excluding carboxylic acids is 1. The Morgan fingerprint density at radius 3 is 2.37 bits per heavy atom. The highest BCUT2D eigenvalue weighted by Gasteiger charge is 2.12. The van der Waals surface area contributed by atoms with Crippen molar-refractivity contribution in [2.24, 2.45) is 0 Å². The molecule has 0 fully saturated rings. The van der Waals surface area contributed by atoms with Crippen molar-refractivity contribution in [3.8, 4) is 17.2 Å². The summed E-state index contributed by atoms with van der Waals surface area (Å²) in [6.07, 6.45) is 0.147. The minimum atomic E-state index is -0.218. The van der Waals surface area contributed by atoms with Crippen LogP contribution in [0.5, 0.6) is 17.2 Å². The maximum absolute atomic E-state index is 12.4. The zero-order valence-electron chi connectivity index (χ0n) is 14.5. The van der Waals surface area contributed by atoms with E-state index in [1.54, 1.807) is 55.6 Å². The molecule has 0 spiro atoms. The molecule has 6 heteroatoms. The zero-order valence-corrected chi connectivity index (χ0v) is 16.1. The van der Waals surface area contributed by atoms with E-state index in [0.29, 0.717) is 27.2 Å². The number of methoxy groups -OCH3 is 1. The van der Waals surface area contributed by atoms with Gasteiger partial charge >= 0.3 is 0 Å². The zero-order chi connectivity index (χ0) is 19.2. The SMILES string of the molecule is COc1ccc(Oc2ccc(Cl)cc2NC(=O)Cc2ccccc2Cl)cc1. The number of anilines is 1. The molecule has 27 heavy (non-hydrogen) atoms. The Labute approximate surface area is 167 Å². The molecule has 0 heterocycles. The van der Waals surface area contributed by atoms with E-state index in [1.807, 2.05) is 18.2 Å². The van der Waals surface area contributed by atoms with Crippen molar-refractivity contribution in [3.05, 3.63) is 82.3 Å². The van der Waals surface area contributed by atoms with Gasteiger partial charge in [-0.2, -0.15) is 0 Å². The predicted octanol–water partition coefficient (Wildman–Crippen LogP) is 5.98. The molecule has 3 rings (SSSR count). The third-order valence-electron chi connectivity index (χ3n) is 3.81. The quantitative estimate of drug-likeness (QED) is 0.552. The van der Waals surface area contributed by atoms with Crippen molar-refractivity contribution < 1.29 is 14.3 Å². The molecule has 0 unspecified atom stereocenters. The van der Waals surface area contributed by atoms with Crippen molar-refractivity contribution >= 4 is 34.8 Å². The van der Waals surface area contributed by atoms with Gasteiger partial charge in [0.25, 0.3) is 0 Å². The highest BCUT2D eigenvalue weighted by Crippen LogP contribution is 2.33. The summed E-state index contributed by atoms with van der Waals surface area (Å²) in [4.78, 5) is 12.4. The third-order valence-corrected chi connectivity index (χ3v) is 4.42. The lowest BCUT2D eigenvalue weighted by Crippen LogP contribution is -2.15. The summed E-state index contributed by atoms with van der Waals surface area (Å²) < 4.78 is 11.0. The number of hydrogen-bond donors (Lipinski definition) is 1. The molecule has 1 amide bonds. The van der Waals surface area contributed by atoms with E-state index >= 15 is 0 Å². The summed E-state index contributed by atoms with van der Waals surface area (Å²) >= 11 is 12.2. The lowest BCUT2D eigenvalue weighted by molar-refractivity contribution is -0.115. The Kier molecular flexibility index (Phi) is 6.22. The van der Waals surface area contributed by atoms with Gasteiger partial charge in [0.2, 0.25) is 5.91 Å². The van der Waals surface area contributed by atoms with E-state index in [1.165, 1.54) is 0 Å². The molecule has 0 saturated heterocycles. The molecule has 0 bridgehead atoms. The number of benzene rings is 3. The van der Waals surface area contributed by atoms with Crippen LogP contribution in [0.3, 0.4) is 0 Å². The van der Waals surface area contributed by atoms with E-state index < -0.39 is 0 Å². The van der Waals surface area contributed by atoms with Gasteiger partial charge in [-0.25, -0.2) is 0 Å². The van der Waals surface area contributed by atoms with Crippen LogP contribution in [0.2, 0.25) is 10.0 Å². The van der Waals surface area contributed by atoms with Crippen molar-refractivity contribution in [2.75, 3.05) is 12.4 Å². The molecule has 3 aromatic rings. The minimum Gasteiger partial charge on any atom is -0.497 e. The fourth-order valence-corrected chi connectivity index (χ4v) is 2.84. The number of ether oxygens (including phenoxy) is 2. The smallest absolute Gasteiger partial charge is 0.228 e. The highest BCUT2D eigenvalue weighted by atomic mass is 35.5. The van der Waals surface area contributed by atoms with Crippen molar-refractivity contribution in [1.82, 2.24) is 0 Å². The van der Waals surface area contributed by atoms with Crippen LogP contribution >= 0.6 is 23.2 Å². The van der Waals surface area contributed by atoms with Crippen molar-refractivity contribution in [3.63, 3.8) is 0 Å². The molecule has 138 valence electrons. The summed E-state index contributed by atoms with van der Waals surface area (Å²) in [7, 11) is 1.60. The summed E-state index contributed by atoms with van der Waals surface area (Å²) in [5.41, 5.74) is 1.23. The van der Waals surface area contributed by atoms with Crippen LogP contribution in [0.1, 0.15) is 5.56 Å². The fraction of sp³-hybridized carbons (Fsp3) is 0.0952. The van der Waals surface area contributed by atoms with Crippen LogP contribution in [0.4, 0.5) is 5.69 Å². The van der Waals surface area contributed by atoms with Crippen LogP contribution in [0, 0.1) is 0 Å². The number of hydrogen-bond acceptors (Lipinski definition) is 3. The summed E-state index contributed by atoms with van der Waals surface area (Å²) in [6.45, 7) is 0. The Bertz CT molecular complexity index is 942. The lowest BCUT2D eigenvalue weighted by Gasteiger charge is -2.13. The number of halogens is 2. The first kappa shape index (κ1) is 19.1. The molecule has 0 aliphatic heterocycles. The predicted molar refractivity (Wildman–Crippen MR) is 108 cm³/mol. The summed E-state index contributed by atoms with van der Waals surface area (Å²) in [6, 6.07) is 19.4. The molecule has 3 aromatic carbocycles. The molecule has 1 N–H and O–H groups in total. The number of rotatable bonds is 6. The molecular formula is C21H17Cl2NO3. The van der Waals surface area contributed by atoms with Crippen LogP contribution in [0.15, 0.2) is 66.7 Å². The van der Waals surface area contributed by atoms with Gasteiger partial charge in [-0.05, 0) is 54.1 Å². The van der Waals surface area contributed by atoms with Gasteiger partial charge in [-0.15, -0.1) is 0 Å². The molecule has 0 radical (unpaired) electrons. The normalized spacial score (nSPS) is 10.3. The average Bonchev–Trinajstić information content (AvgIpc) is 2.66. The molecule has 0 atom stereocenters. The van der Waals surface area contributed by atoms with Crippen molar-refractivity contribution in [1.29, 1.82) is 0 Å². The van der Waals surface area contributed by atoms with Gasteiger partial charge in [0.1, 0.15) is 11.5 Å². The van der Waals surface area contributed by atoms with Crippen LogP contribution in [-0.4, -0.2) is 13.0 Å². The summed E-state index contributed by atoms with van der Waals surface area (Å²) in [5, 5.41) is 3.88. The molecule has 0 aromatic heterocycles. The third kappa shape index (κ3) is 5.16. The van der Waals surface area contributed by atoms with E-state index in [-0.39, 0.29) is 12.3 Å². The number of amides is 1. The molecule has 0 aliphatic carbocycles. The first-order valence-electron chi connectivity index (χ1n) is 8.20. The highest BCUT2D eigenvalue weighted by molar-refractivity contribution is 6.31. The van der Waals surface area contributed by atoms with Gasteiger partial charge in [0.05, 0.1) is 19.2 Å². The molecular weight excluding hydrogens is 385 g/mol. The summed E-state index contributed by atoms with van der Waals surface area (Å²) in [5.74, 6) is 1.61. The van der Waals surface area contributed by atoms with E-state index in [0.717, 1.165) is 11.3 Å². The lowest BCUT2D eigenvalue weighted by atomic mass is 10.1.